The second-order valence-corrected chi connectivity index (χ2v) is 6.26. The van der Waals surface area contributed by atoms with E-state index in [4.69, 9.17) is 18.9 Å². The molecule has 1 N–H and O–H groups in total. The average molecular weight is 415 g/mol. The Balaban J connectivity index is 1.96. The lowest BCUT2D eigenvalue weighted by molar-refractivity contribution is -0.124. The van der Waals surface area contributed by atoms with Gasteiger partial charge in [0.15, 0.2) is 18.1 Å². The van der Waals surface area contributed by atoms with Gasteiger partial charge in [0.05, 0.1) is 25.4 Å². The molecule has 7 heteroatoms. The van der Waals surface area contributed by atoms with Crippen molar-refractivity contribution >= 4 is 11.9 Å². The Labute approximate surface area is 177 Å². The zero-order chi connectivity index (χ0) is 21.8. The molecule has 0 bridgehead atoms. The number of hydrogen-bond acceptors (Lipinski definition) is 6. The highest BCUT2D eigenvalue weighted by molar-refractivity contribution is 5.92. The lowest BCUT2D eigenvalue weighted by Crippen LogP contribution is -2.30. The van der Waals surface area contributed by atoms with Crippen molar-refractivity contribution in [3.05, 3.63) is 53.6 Å². The first-order valence-electron chi connectivity index (χ1n) is 10.1. The van der Waals surface area contributed by atoms with Gasteiger partial charge in [0.2, 0.25) is 5.75 Å². The van der Waals surface area contributed by atoms with Crippen LogP contribution in [0, 0.1) is 0 Å². The van der Waals surface area contributed by atoms with E-state index in [1.165, 1.54) is 12.1 Å². The highest BCUT2D eigenvalue weighted by Crippen LogP contribution is 2.39. The third-order valence-corrected chi connectivity index (χ3v) is 4.06. The van der Waals surface area contributed by atoms with Gasteiger partial charge in [0, 0.05) is 6.54 Å². The van der Waals surface area contributed by atoms with Gasteiger partial charge in [-0.05, 0) is 44.9 Å². The first-order valence-corrected chi connectivity index (χ1v) is 10.1. The Bertz CT molecular complexity index is 795. The fraction of sp³-hybridized carbons (Fsp3) is 0.391. The molecule has 0 aliphatic carbocycles. The number of nitrogens with one attached hydrogen (secondary N) is 1. The summed E-state index contributed by atoms with van der Waals surface area (Å²) in [6, 6.07) is 12.9. The van der Waals surface area contributed by atoms with Gasteiger partial charge in [-0.25, -0.2) is 4.79 Å². The van der Waals surface area contributed by atoms with E-state index in [1.54, 1.807) is 0 Å². The minimum atomic E-state index is -0.641. The molecule has 2 rings (SSSR count). The van der Waals surface area contributed by atoms with Gasteiger partial charge < -0.3 is 24.3 Å². The molecule has 162 valence electrons. The van der Waals surface area contributed by atoms with Crippen LogP contribution >= 0.6 is 0 Å². The van der Waals surface area contributed by atoms with E-state index in [0.29, 0.717) is 50.0 Å². The molecule has 0 unspecified atom stereocenters. The smallest absolute Gasteiger partial charge is 0.338 e. The molecule has 0 heterocycles. The summed E-state index contributed by atoms with van der Waals surface area (Å²) in [4.78, 5) is 24.5. The normalized spacial score (nSPS) is 10.2. The van der Waals surface area contributed by atoms with Gasteiger partial charge in [0.25, 0.3) is 5.91 Å². The third kappa shape index (κ3) is 6.99. The number of benzene rings is 2. The molecule has 0 radical (unpaired) electrons. The SMILES string of the molecule is CCOc1cc(C(=O)OCC(=O)NCCc2ccccc2)cc(OCC)c1OCC. The average Bonchev–Trinajstić information content (AvgIpc) is 2.75. The Kier molecular flexibility index (Phi) is 9.51. The summed E-state index contributed by atoms with van der Waals surface area (Å²) in [5.74, 6) is 0.226. The third-order valence-electron chi connectivity index (χ3n) is 4.06. The van der Waals surface area contributed by atoms with Gasteiger partial charge in [-0.1, -0.05) is 30.3 Å². The van der Waals surface area contributed by atoms with Gasteiger partial charge in [-0.2, -0.15) is 0 Å². The second kappa shape index (κ2) is 12.4. The first kappa shape index (κ1) is 23.1. The van der Waals surface area contributed by atoms with Crippen molar-refractivity contribution in [2.24, 2.45) is 0 Å². The van der Waals surface area contributed by atoms with Crippen LogP contribution in [0.4, 0.5) is 0 Å². The highest BCUT2D eigenvalue weighted by atomic mass is 16.5. The van der Waals surface area contributed by atoms with E-state index in [0.717, 1.165) is 5.56 Å². The van der Waals surface area contributed by atoms with Crippen LogP contribution in [0.2, 0.25) is 0 Å². The number of carbonyl (C=O) groups excluding carboxylic acids is 2. The highest BCUT2D eigenvalue weighted by Gasteiger charge is 2.19. The molecular weight excluding hydrogens is 386 g/mol. The minimum absolute atomic E-state index is 0.224. The molecule has 0 aromatic heterocycles. The lowest BCUT2D eigenvalue weighted by atomic mass is 10.1. The first-order chi connectivity index (χ1) is 14.6. The van der Waals surface area contributed by atoms with Gasteiger partial charge in [-0.3, -0.25) is 4.79 Å². The molecule has 1 amide bonds. The van der Waals surface area contributed by atoms with Crippen LogP contribution in [0.1, 0.15) is 36.7 Å². The molecule has 0 fully saturated rings. The van der Waals surface area contributed by atoms with Crippen LogP contribution in [0.25, 0.3) is 0 Å². The summed E-state index contributed by atoms with van der Waals surface area (Å²) in [5, 5.41) is 2.74. The fourth-order valence-corrected chi connectivity index (χ4v) is 2.76. The van der Waals surface area contributed by atoms with Gasteiger partial charge in [0.1, 0.15) is 0 Å². The van der Waals surface area contributed by atoms with Crippen LogP contribution in [0.3, 0.4) is 0 Å². The molecule has 0 saturated carbocycles. The molecule has 0 saturated heterocycles. The molecular formula is C23H29NO6. The molecule has 0 atom stereocenters. The summed E-state index contributed by atoms with van der Waals surface area (Å²) >= 11 is 0. The molecule has 2 aromatic rings. The maximum absolute atomic E-state index is 12.5. The van der Waals surface area contributed by atoms with E-state index >= 15 is 0 Å². The Morgan fingerprint density at radius 3 is 2.03 bits per heavy atom. The summed E-state index contributed by atoms with van der Waals surface area (Å²) < 4.78 is 22.0. The topological polar surface area (TPSA) is 83.1 Å². The zero-order valence-corrected chi connectivity index (χ0v) is 17.7. The van der Waals surface area contributed by atoms with Gasteiger partial charge in [-0.15, -0.1) is 0 Å². The molecule has 0 aliphatic heterocycles. The van der Waals surface area contributed by atoms with Crippen molar-refractivity contribution < 1.29 is 28.5 Å². The van der Waals surface area contributed by atoms with Gasteiger partial charge >= 0.3 is 5.97 Å². The van der Waals surface area contributed by atoms with Crippen LogP contribution in [-0.2, 0) is 16.0 Å². The molecule has 0 aliphatic rings. The fourth-order valence-electron chi connectivity index (χ4n) is 2.76. The Hall–Kier alpha value is -3.22. The Morgan fingerprint density at radius 1 is 0.867 bits per heavy atom. The van der Waals surface area contributed by atoms with Crippen molar-refractivity contribution in [2.75, 3.05) is 33.0 Å². The number of ether oxygens (including phenoxy) is 4. The number of esters is 1. The minimum Gasteiger partial charge on any atom is -0.490 e. The summed E-state index contributed by atoms with van der Waals surface area (Å²) in [6.07, 6.45) is 0.703. The molecule has 30 heavy (non-hydrogen) atoms. The lowest BCUT2D eigenvalue weighted by Gasteiger charge is -2.16. The van der Waals surface area contributed by atoms with E-state index in [-0.39, 0.29) is 18.1 Å². The number of rotatable bonds is 12. The maximum Gasteiger partial charge on any atom is 0.338 e. The summed E-state index contributed by atoms with van der Waals surface area (Å²) in [5.41, 5.74) is 1.35. The Morgan fingerprint density at radius 2 is 1.47 bits per heavy atom. The monoisotopic (exact) mass is 415 g/mol. The second-order valence-electron chi connectivity index (χ2n) is 6.26. The number of hydrogen-bond donors (Lipinski definition) is 1. The largest absolute Gasteiger partial charge is 0.490 e. The van der Waals surface area contributed by atoms with Crippen LogP contribution in [0.15, 0.2) is 42.5 Å². The van der Waals surface area contributed by atoms with Crippen LogP contribution in [0.5, 0.6) is 17.2 Å². The van der Waals surface area contributed by atoms with E-state index in [9.17, 15) is 9.59 Å². The summed E-state index contributed by atoms with van der Waals surface area (Å²) in [6.45, 7) is 6.84. The van der Waals surface area contributed by atoms with Crippen molar-refractivity contribution in [1.29, 1.82) is 0 Å². The quantitative estimate of drug-likeness (QED) is 0.535. The molecule has 7 nitrogen and oxygen atoms in total. The number of carbonyl (C=O) groups is 2. The van der Waals surface area contributed by atoms with E-state index in [2.05, 4.69) is 5.32 Å². The molecule has 2 aromatic carbocycles. The molecule has 0 spiro atoms. The van der Waals surface area contributed by atoms with Crippen molar-refractivity contribution in [3.63, 3.8) is 0 Å². The van der Waals surface area contributed by atoms with Crippen LogP contribution in [-0.4, -0.2) is 44.8 Å². The van der Waals surface area contributed by atoms with Crippen molar-refractivity contribution in [3.8, 4) is 17.2 Å². The van der Waals surface area contributed by atoms with Crippen molar-refractivity contribution in [1.82, 2.24) is 5.32 Å². The number of amides is 1. The van der Waals surface area contributed by atoms with Crippen molar-refractivity contribution in [2.45, 2.75) is 27.2 Å². The predicted molar refractivity (Wildman–Crippen MR) is 113 cm³/mol. The zero-order valence-electron chi connectivity index (χ0n) is 17.7. The standard InChI is InChI=1S/C23H29NO6/c1-4-27-19-14-18(15-20(28-5-2)22(19)29-6-3)23(26)30-16-21(25)24-13-12-17-10-8-7-9-11-17/h7-11,14-15H,4-6,12-13,16H2,1-3H3,(H,24,25). The predicted octanol–water partition coefficient (Wildman–Crippen LogP) is 3.40. The van der Waals surface area contributed by atoms with E-state index < -0.39 is 5.97 Å². The van der Waals surface area contributed by atoms with Crippen LogP contribution < -0.4 is 19.5 Å². The maximum atomic E-state index is 12.5. The van der Waals surface area contributed by atoms with E-state index in [1.807, 2.05) is 51.1 Å². The summed E-state index contributed by atoms with van der Waals surface area (Å²) in [7, 11) is 0.